The van der Waals surface area contributed by atoms with Crippen molar-refractivity contribution in [2.45, 2.75) is 31.9 Å². The molecule has 4 aromatic rings. The van der Waals surface area contributed by atoms with E-state index in [1.807, 2.05) is 0 Å². The average molecular weight is 523 g/mol. The molecule has 0 spiro atoms. The summed E-state index contributed by atoms with van der Waals surface area (Å²) in [5.74, 6) is 0.950. The third-order valence-electron chi connectivity index (χ3n) is 4.64. The summed E-state index contributed by atoms with van der Waals surface area (Å²) >= 11 is 2.35. The van der Waals surface area contributed by atoms with Gasteiger partial charge in [-0.15, -0.1) is 0 Å². The Morgan fingerprint density at radius 3 is 1.17 bits per heavy atom. The maximum Gasteiger partial charge on any atom is 0.416 e. The molecule has 0 saturated heterocycles. The molecular weight excluding hydrogens is 506 g/mol. The lowest BCUT2D eigenvalue weighted by Crippen LogP contribution is -2.04. The van der Waals surface area contributed by atoms with E-state index >= 15 is 0 Å². The van der Waals surface area contributed by atoms with Crippen LogP contribution in [0.3, 0.4) is 0 Å². The van der Waals surface area contributed by atoms with Gasteiger partial charge in [-0.25, -0.2) is 0 Å². The van der Waals surface area contributed by atoms with E-state index < -0.39 is 23.5 Å². The molecule has 0 aliphatic heterocycles. The first kappa shape index (κ1) is 25.1. The van der Waals surface area contributed by atoms with Crippen molar-refractivity contribution in [2.24, 2.45) is 0 Å². The standard InChI is InChI=1S/C26H16F6OS2/c27-25(28,29)17-5-1-9-21(13-17)34-23-11-3-7-19(15-23)33-20-8-4-12-24(16-20)35-22-10-2-6-18(14-22)26(30,31)32/h1-16H. The van der Waals surface area contributed by atoms with Crippen LogP contribution in [-0.2, 0) is 12.4 Å². The number of hydrogen-bond donors (Lipinski definition) is 0. The number of alkyl halides is 6. The summed E-state index contributed by atoms with van der Waals surface area (Å²) in [5.41, 5.74) is -1.44. The second-order valence-electron chi connectivity index (χ2n) is 7.31. The zero-order valence-corrected chi connectivity index (χ0v) is 19.4. The Bertz CT molecular complexity index is 1220. The lowest BCUT2D eigenvalue weighted by atomic mass is 10.2. The fourth-order valence-electron chi connectivity index (χ4n) is 3.08. The van der Waals surface area contributed by atoms with Crippen molar-refractivity contribution in [2.75, 3.05) is 0 Å². The van der Waals surface area contributed by atoms with Gasteiger partial charge in [0.1, 0.15) is 11.5 Å². The molecule has 0 saturated carbocycles. The Hall–Kier alpha value is -3.04. The fraction of sp³-hybridized carbons (Fsp3) is 0.0769. The maximum absolute atomic E-state index is 13.0. The predicted octanol–water partition coefficient (Wildman–Crippen LogP) is 9.82. The van der Waals surface area contributed by atoms with Crippen LogP contribution in [0, 0.1) is 0 Å². The smallest absolute Gasteiger partial charge is 0.416 e. The predicted molar refractivity (Wildman–Crippen MR) is 124 cm³/mol. The van der Waals surface area contributed by atoms with E-state index in [1.54, 1.807) is 60.7 Å². The Balaban J connectivity index is 1.47. The Labute approximate surface area is 206 Å². The van der Waals surface area contributed by atoms with Crippen molar-refractivity contribution in [3.63, 3.8) is 0 Å². The second kappa shape index (κ2) is 10.3. The monoisotopic (exact) mass is 522 g/mol. The second-order valence-corrected chi connectivity index (χ2v) is 9.60. The van der Waals surface area contributed by atoms with Crippen molar-refractivity contribution >= 4 is 23.5 Å². The summed E-state index contributed by atoms with van der Waals surface area (Å²) in [7, 11) is 0. The zero-order chi connectivity index (χ0) is 25.1. The third kappa shape index (κ3) is 6.99. The number of rotatable bonds is 6. The molecular formula is C26H16F6OS2. The molecule has 0 aromatic heterocycles. The van der Waals surface area contributed by atoms with Crippen LogP contribution in [0.5, 0.6) is 11.5 Å². The van der Waals surface area contributed by atoms with Gasteiger partial charge in [0, 0.05) is 19.6 Å². The third-order valence-corrected chi connectivity index (χ3v) is 6.60. The molecule has 0 N–H and O–H groups in total. The summed E-state index contributed by atoms with van der Waals surface area (Å²) in [6.07, 6.45) is -8.84. The molecule has 0 bridgehead atoms. The van der Waals surface area contributed by atoms with Crippen LogP contribution < -0.4 is 4.74 Å². The molecule has 0 radical (unpaired) electrons. The van der Waals surface area contributed by atoms with Gasteiger partial charge in [0.05, 0.1) is 11.1 Å². The lowest BCUT2D eigenvalue weighted by molar-refractivity contribution is -0.138. The van der Waals surface area contributed by atoms with E-state index in [0.29, 0.717) is 31.1 Å². The molecule has 4 rings (SSSR count). The normalized spacial score (nSPS) is 11.9. The molecule has 9 heteroatoms. The quantitative estimate of drug-likeness (QED) is 0.233. The van der Waals surface area contributed by atoms with Gasteiger partial charge in [0.15, 0.2) is 0 Å². The van der Waals surface area contributed by atoms with Crippen molar-refractivity contribution < 1.29 is 31.1 Å². The van der Waals surface area contributed by atoms with Crippen molar-refractivity contribution in [1.82, 2.24) is 0 Å². The Kier molecular flexibility index (Phi) is 7.37. The molecule has 180 valence electrons. The van der Waals surface area contributed by atoms with Gasteiger partial charge in [-0.05, 0) is 72.8 Å². The minimum Gasteiger partial charge on any atom is -0.457 e. The largest absolute Gasteiger partial charge is 0.457 e. The molecule has 0 atom stereocenters. The number of benzene rings is 4. The van der Waals surface area contributed by atoms with Crippen LogP contribution in [0.2, 0.25) is 0 Å². The minimum atomic E-state index is -4.42. The van der Waals surface area contributed by atoms with Crippen LogP contribution in [0.15, 0.2) is 117 Å². The van der Waals surface area contributed by atoms with Crippen LogP contribution in [0.4, 0.5) is 26.3 Å². The van der Waals surface area contributed by atoms with Crippen molar-refractivity contribution in [3.05, 3.63) is 108 Å². The van der Waals surface area contributed by atoms with E-state index in [-0.39, 0.29) is 0 Å². The summed E-state index contributed by atoms with van der Waals surface area (Å²) in [5, 5.41) is 0. The first-order chi connectivity index (χ1) is 16.6. The molecule has 4 aromatic carbocycles. The highest BCUT2D eigenvalue weighted by Gasteiger charge is 2.31. The summed E-state index contributed by atoms with van der Waals surface area (Å²) in [6, 6.07) is 24.0. The minimum absolute atomic E-state index is 0.441. The molecule has 0 aliphatic rings. The van der Waals surface area contributed by atoms with Crippen LogP contribution in [0.25, 0.3) is 0 Å². The lowest BCUT2D eigenvalue weighted by Gasteiger charge is -2.11. The highest BCUT2D eigenvalue weighted by Crippen LogP contribution is 2.38. The van der Waals surface area contributed by atoms with E-state index in [9.17, 15) is 26.3 Å². The summed E-state index contributed by atoms with van der Waals surface area (Å²) in [6.45, 7) is 0. The van der Waals surface area contributed by atoms with E-state index in [2.05, 4.69) is 0 Å². The van der Waals surface area contributed by atoms with Crippen molar-refractivity contribution in [1.29, 1.82) is 0 Å². The van der Waals surface area contributed by atoms with Crippen LogP contribution in [0.1, 0.15) is 11.1 Å². The van der Waals surface area contributed by atoms with Gasteiger partial charge in [0.25, 0.3) is 0 Å². The SMILES string of the molecule is FC(F)(F)c1cccc(Sc2cccc(Oc3cccc(Sc4cccc(C(F)(F)F)c4)c3)c2)c1. The molecule has 0 amide bonds. The van der Waals surface area contributed by atoms with Gasteiger partial charge in [-0.1, -0.05) is 47.8 Å². The Morgan fingerprint density at radius 1 is 0.457 bits per heavy atom. The number of ether oxygens (including phenoxy) is 1. The molecule has 0 aliphatic carbocycles. The molecule has 0 unspecified atom stereocenters. The first-order valence-electron chi connectivity index (χ1n) is 10.1. The van der Waals surface area contributed by atoms with E-state index in [4.69, 9.17) is 4.74 Å². The van der Waals surface area contributed by atoms with E-state index in [1.165, 1.54) is 35.7 Å². The van der Waals surface area contributed by atoms with Gasteiger partial charge >= 0.3 is 12.4 Å². The van der Waals surface area contributed by atoms with Crippen LogP contribution in [-0.4, -0.2) is 0 Å². The molecule has 1 nitrogen and oxygen atoms in total. The summed E-state index contributed by atoms with van der Waals surface area (Å²) < 4.78 is 83.8. The average Bonchev–Trinajstić information content (AvgIpc) is 2.79. The van der Waals surface area contributed by atoms with Crippen molar-refractivity contribution in [3.8, 4) is 11.5 Å². The fourth-order valence-corrected chi connectivity index (χ4v) is 4.94. The zero-order valence-electron chi connectivity index (χ0n) is 17.7. The van der Waals surface area contributed by atoms with Gasteiger partial charge in [-0.3, -0.25) is 0 Å². The summed E-state index contributed by atoms with van der Waals surface area (Å²) in [4.78, 5) is 2.26. The highest BCUT2D eigenvalue weighted by atomic mass is 32.2. The molecule has 35 heavy (non-hydrogen) atoms. The number of hydrogen-bond acceptors (Lipinski definition) is 3. The van der Waals surface area contributed by atoms with Gasteiger partial charge in [0.2, 0.25) is 0 Å². The number of halogens is 6. The highest BCUT2D eigenvalue weighted by molar-refractivity contribution is 7.99. The topological polar surface area (TPSA) is 9.23 Å². The maximum atomic E-state index is 13.0. The van der Waals surface area contributed by atoms with E-state index in [0.717, 1.165) is 24.3 Å². The molecule has 0 heterocycles. The van der Waals surface area contributed by atoms with Crippen LogP contribution >= 0.6 is 23.5 Å². The molecule has 0 fully saturated rings. The Morgan fingerprint density at radius 2 is 0.800 bits per heavy atom. The van der Waals surface area contributed by atoms with Gasteiger partial charge < -0.3 is 4.74 Å². The van der Waals surface area contributed by atoms with Gasteiger partial charge in [-0.2, -0.15) is 26.3 Å². The first-order valence-corrected chi connectivity index (χ1v) is 11.8.